The van der Waals surface area contributed by atoms with Gasteiger partial charge < -0.3 is 0 Å². The van der Waals surface area contributed by atoms with Crippen LogP contribution in [0.4, 0.5) is 4.39 Å². The van der Waals surface area contributed by atoms with Crippen LogP contribution >= 0.6 is 12.0 Å². The summed E-state index contributed by atoms with van der Waals surface area (Å²) >= 11 is 0.913. The molecule has 1 unspecified atom stereocenters. The standard InChI is InChI=1S/C16H17FO2S/c1-2-3-16(12-4-8-14(17)9-5-12)13-6-10-15(11-7-13)20-19-18/h4-11,16,18H,2-3H2,1H3. The van der Waals surface area contributed by atoms with Gasteiger partial charge in [0.25, 0.3) is 0 Å². The molecule has 0 aliphatic carbocycles. The normalized spacial score (nSPS) is 12.3. The van der Waals surface area contributed by atoms with Gasteiger partial charge in [0.1, 0.15) is 5.82 Å². The van der Waals surface area contributed by atoms with Crippen LogP contribution in [-0.4, -0.2) is 5.26 Å². The average molecular weight is 292 g/mol. The van der Waals surface area contributed by atoms with Crippen LogP contribution in [0.25, 0.3) is 0 Å². The van der Waals surface area contributed by atoms with Crippen molar-refractivity contribution in [2.75, 3.05) is 0 Å². The second kappa shape index (κ2) is 7.43. The molecule has 2 aromatic rings. The molecule has 0 bridgehead atoms. The molecule has 4 heteroatoms. The molecule has 0 radical (unpaired) electrons. The average Bonchev–Trinajstić information content (AvgIpc) is 2.47. The Morgan fingerprint density at radius 1 is 1.05 bits per heavy atom. The monoisotopic (exact) mass is 292 g/mol. The summed E-state index contributed by atoms with van der Waals surface area (Å²) < 4.78 is 17.1. The van der Waals surface area contributed by atoms with Crippen molar-refractivity contribution >= 4 is 12.0 Å². The molecule has 0 saturated heterocycles. The molecule has 0 aliphatic heterocycles. The zero-order valence-electron chi connectivity index (χ0n) is 11.3. The summed E-state index contributed by atoms with van der Waals surface area (Å²) in [5, 5.41) is 8.41. The van der Waals surface area contributed by atoms with E-state index >= 15 is 0 Å². The van der Waals surface area contributed by atoms with Crippen LogP contribution in [0.1, 0.15) is 36.8 Å². The lowest BCUT2D eigenvalue weighted by Crippen LogP contribution is -2.01. The third-order valence-corrected chi connectivity index (χ3v) is 3.80. The summed E-state index contributed by atoms with van der Waals surface area (Å²) in [6, 6.07) is 14.5. The fourth-order valence-electron chi connectivity index (χ4n) is 2.31. The number of benzene rings is 2. The van der Waals surface area contributed by atoms with Crippen LogP contribution in [0.5, 0.6) is 0 Å². The van der Waals surface area contributed by atoms with E-state index in [9.17, 15) is 4.39 Å². The Bertz CT molecular complexity index is 525. The molecule has 2 rings (SSSR count). The van der Waals surface area contributed by atoms with Crippen molar-refractivity contribution in [3.63, 3.8) is 0 Å². The van der Waals surface area contributed by atoms with E-state index in [1.807, 2.05) is 36.4 Å². The van der Waals surface area contributed by atoms with Crippen LogP contribution in [0.15, 0.2) is 53.4 Å². The molecule has 0 heterocycles. The van der Waals surface area contributed by atoms with E-state index in [4.69, 9.17) is 5.26 Å². The van der Waals surface area contributed by atoms with Gasteiger partial charge >= 0.3 is 0 Å². The third kappa shape index (κ3) is 3.82. The summed E-state index contributed by atoms with van der Waals surface area (Å²) in [5.74, 6) is 0.0468. The summed E-state index contributed by atoms with van der Waals surface area (Å²) in [4.78, 5) is 0.839. The first-order chi connectivity index (χ1) is 9.74. The van der Waals surface area contributed by atoms with Crippen molar-refractivity contribution in [2.45, 2.75) is 30.6 Å². The van der Waals surface area contributed by atoms with E-state index in [0.717, 1.165) is 35.3 Å². The highest BCUT2D eigenvalue weighted by Gasteiger charge is 2.13. The molecule has 2 nitrogen and oxygen atoms in total. The van der Waals surface area contributed by atoms with Gasteiger partial charge in [-0.25, -0.2) is 9.65 Å². The Kier molecular flexibility index (Phi) is 5.59. The highest BCUT2D eigenvalue weighted by Crippen LogP contribution is 2.30. The van der Waals surface area contributed by atoms with E-state index in [0.29, 0.717) is 0 Å². The third-order valence-electron chi connectivity index (χ3n) is 3.27. The summed E-state index contributed by atoms with van der Waals surface area (Å²) in [7, 11) is 0. The minimum atomic E-state index is -0.212. The predicted molar refractivity (Wildman–Crippen MR) is 79.2 cm³/mol. The van der Waals surface area contributed by atoms with Crippen molar-refractivity contribution in [2.24, 2.45) is 0 Å². The van der Waals surface area contributed by atoms with Crippen LogP contribution in [0, 0.1) is 5.82 Å². The molecular formula is C16H17FO2S. The fraction of sp³-hybridized carbons (Fsp3) is 0.250. The van der Waals surface area contributed by atoms with Crippen molar-refractivity contribution in [1.29, 1.82) is 0 Å². The van der Waals surface area contributed by atoms with E-state index in [2.05, 4.69) is 11.3 Å². The van der Waals surface area contributed by atoms with Gasteiger partial charge in [0.05, 0.1) is 12.0 Å². The van der Waals surface area contributed by atoms with Gasteiger partial charge in [-0.05, 0) is 41.8 Å². The number of halogens is 1. The SMILES string of the molecule is CCCC(c1ccc(F)cc1)c1ccc(SOO)cc1. The molecule has 0 aliphatic rings. The molecule has 106 valence electrons. The molecule has 0 aromatic heterocycles. The Morgan fingerprint density at radius 2 is 1.60 bits per heavy atom. The second-order valence-electron chi connectivity index (χ2n) is 4.62. The van der Waals surface area contributed by atoms with E-state index < -0.39 is 0 Å². The van der Waals surface area contributed by atoms with Crippen LogP contribution in [0.3, 0.4) is 0 Å². The number of rotatable bonds is 6. The lowest BCUT2D eigenvalue weighted by atomic mass is 9.88. The molecule has 20 heavy (non-hydrogen) atoms. The topological polar surface area (TPSA) is 29.5 Å². The second-order valence-corrected chi connectivity index (χ2v) is 5.41. The summed E-state index contributed by atoms with van der Waals surface area (Å²) in [6.07, 6.45) is 2.06. The van der Waals surface area contributed by atoms with Gasteiger partial charge in [-0.15, -0.1) is 0 Å². The number of hydrogen-bond donors (Lipinski definition) is 1. The van der Waals surface area contributed by atoms with Crippen LogP contribution < -0.4 is 0 Å². The molecule has 0 fully saturated rings. The van der Waals surface area contributed by atoms with Gasteiger partial charge in [0.2, 0.25) is 0 Å². The van der Waals surface area contributed by atoms with Crippen molar-refractivity contribution in [3.8, 4) is 0 Å². The maximum Gasteiger partial charge on any atom is 0.123 e. The van der Waals surface area contributed by atoms with E-state index in [1.165, 1.54) is 17.7 Å². The first-order valence-electron chi connectivity index (χ1n) is 6.58. The van der Waals surface area contributed by atoms with Gasteiger partial charge in [0, 0.05) is 10.8 Å². The van der Waals surface area contributed by atoms with Gasteiger partial charge in [-0.2, -0.15) is 4.33 Å². The Morgan fingerprint density at radius 3 is 2.10 bits per heavy atom. The maximum absolute atomic E-state index is 13.0. The van der Waals surface area contributed by atoms with Crippen molar-refractivity contribution in [1.82, 2.24) is 0 Å². The van der Waals surface area contributed by atoms with Gasteiger partial charge in [0.15, 0.2) is 0 Å². The zero-order chi connectivity index (χ0) is 14.4. The van der Waals surface area contributed by atoms with Crippen molar-refractivity contribution in [3.05, 3.63) is 65.5 Å². The zero-order valence-corrected chi connectivity index (χ0v) is 12.1. The van der Waals surface area contributed by atoms with E-state index in [-0.39, 0.29) is 11.7 Å². The first-order valence-corrected chi connectivity index (χ1v) is 7.32. The van der Waals surface area contributed by atoms with Crippen molar-refractivity contribution < 1.29 is 14.0 Å². The minimum absolute atomic E-state index is 0.212. The number of hydrogen-bond acceptors (Lipinski definition) is 3. The molecule has 1 N–H and O–H groups in total. The highest BCUT2D eigenvalue weighted by molar-refractivity contribution is 7.94. The van der Waals surface area contributed by atoms with E-state index in [1.54, 1.807) is 0 Å². The van der Waals surface area contributed by atoms with Crippen LogP contribution in [-0.2, 0) is 4.33 Å². The lowest BCUT2D eigenvalue weighted by molar-refractivity contribution is -0.116. The molecular weight excluding hydrogens is 275 g/mol. The summed E-state index contributed by atoms with van der Waals surface area (Å²) in [6.45, 7) is 2.14. The predicted octanol–water partition coefficient (Wildman–Crippen LogP) is 5.25. The molecule has 2 aromatic carbocycles. The Hall–Kier alpha value is -1.36. The Balaban J connectivity index is 2.25. The van der Waals surface area contributed by atoms with Crippen LogP contribution in [0.2, 0.25) is 0 Å². The smallest absolute Gasteiger partial charge is 0.123 e. The van der Waals surface area contributed by atoms with Gasteiger partial charge in [-0.3, -0.25) is 0 Å². The molecule has 1 atom stereocenters. The minimum Gasteiger partial charge on any atom is -0.239 e. The maximum atomic E-state index is 13.0. The molecule has 0 saturated carbocycles. The highest BCUT2D eigenvalue weighted by atomic mass is 32.2. The fourth-order valence-corrected chi connectivity index (χ4v) is 2.64. The Labute approximate surface area is 122 Å². The van der Waals surface area contributed by atoms with Gasteiger partial charge in [-0.1, -0.05) is 37.6 Å². The molecule has 0 amide bonds. The largest absolute Gasteiger partial charge is 0.239 e. The lowest BCUT2D eigenvalue weighted by Gasteiger charge is -2.17. The molecule has 0 spiro atoms. The first kappa shape index (κ1) is 15.0. The quantitative estimate of drug-likeness (QED) is 0.447. The summed E-state index contributed by atoms with van der Waals surface area (Å²) in [5.41, 5.74) is 2.30.